The predicted molar refractivity (Wildman–Crippen MR) is 91.1 cm³/mol. The van der Waals surface area contributed by atoms with Crippen LogP contribution in [0, 0.1) is 0 Å². The average Bonchev–Trinajstić information content (AvgIpc) is 2.83. The van der Waals surface area contributed by atoms with E-state index < -0.39 is 10.0 Å². The number of nitrogen functional groups attached to an aromatic ring is 1. The number of sulfonamides is 1. The van der Waals surface area contributed by atoms with Gasteiger partial charge in [0, 0.05) is 35.4 Å². The van der Waals surface area contributed by atoms with Crippen LogP contribution in [0.3, 0.4) is 0 Å². The first kappa shape index (κ1) is 16.3. The molecule has 0 unspecified atom stereocenters. The first-order chi connectivity index (χ1) is 9.80. The highest BCUT2D eigenvalue weighted by Crippen LogP contribution is 2.26. The van der Waals surface area contributed by atoms with Gasteiger partial charge in [0.15, 0.2) is 0 Å². The summed E-state index contributed by atoms with van der Waals surface area (Å²) in [6.07, 6.45) is 0. The van der Waals surface area contributed by atoms with E-state index in [1.807, 2.05) is 11.4 Å². The monoisotopic (exact) mass is 389 g/mol. The number of benzene rings is 1. The van der Waals surface area contributed by atoms with Crippen LogP contribution < -0.4 is 11.1 Å². The molecule has 0 saturated heterocycles. The predicted octanol–water partition coefficient (Wildman–Crippen LogP) is 2.96. The lowest BCUT2D eigenvalue weighted by atomic mass is 10.2. The molecule has 0 saturated carbocycles. The molecule has 0 fully saturated rings. The number of nitrogens with zero attached hydrogens (tertiary/aromatic N) is 1. The molecule has 8 heteroatoms. The molecule has 0 atom stereocenters. The van der Waals surface area contributed by atoms with Gasteiger partial charge >= 0.3 is 0 Å². The van der Waals surface area contributed by atoms with Gasteiger partial charge in [0.1, 0.15) is 0 Å². The minimum atomic E-state index is -3.46. The maximum atomic E-state index is 12.1. The van der Waals surface area contributed by atoms with Crippen molar-refractivity contribution in [2.75, 3.05) is 25.1 Å². The third-order valence-corrected chi connectivity index (χ3v) is 6.39. The topological polar surface area (TPSA) is 75.4 Å². The maximum Gasteiger partial charge on any atom is 0.242 e. The molecule has 0 aliphatic rings. The van der Waals surface area contributed by atoms with Crippen molar-refractivity contribution in [1.82, 2.24) is 4.31 Å². The Morgan fingerprint density at radius 2 is 2.05 bits per heavy atom. The molecule has 0 aliphatic carbocycles. The van der Waals surface area contributed by atoms with E-state index in [0.29, 0.717) is 17.9 Å². The van der Waals surface area contributed by atoms with E-state index in [2.05, 4.69) is 21.2 Å². The lowest BCUT2D eigenvalue weighted by Gasteiger charge is -2.14. The zero-order valence-corrected chi connectivity index (χ0v) is 14.8. The van der Waals surface area contributed by atoms with E-state index in [9.17, 15) is 8.42 Å². The van der Waals surface area contributed by atoms with E-state index in [0.717, 1.165) is 9.35 Å². The van der Waals surface area contributed by atoms with Crippen molar-refractivity contribution in [3.63, 3.8) is 0 Å². The van der Waals surface area contributed by atoms with Gasteiger partial charge in [-0.1, -0.05) is 0 Å². The van der Waals surface area contributed by atoms with Crippen LogP contribution in [0.2, 0.25) is 0 Å². The first-order valence-electron chi connectivity index (χ1n) is 6.09. The lowest BCUT2D eigenvalue weighted by molar-refractivity contribution is 0.521. The Kier molecular flexibility index (Phi) is 4.92. The Hall–Kier alpha value is -1.09. The van der Waals surface area contributed by atoms with Gasteiger partial charge in [0.05, 0.1) is 16.3 Å². The quantitative estimate of drug-likeness (QED) is 0.770. The zero-order chi connectivity index (χ0) is 15.6. The Morgan fingerprint density at radius 3 is 2.62 bits per heavy atom. The Labute approximate surface area is 137 Å². The Morgan fingerprint density at radius 1 is 1.33 bits per heavy atom. The molecular weight excluding hydrogens is 374 g/mol. The van der Waals surface area contributed by atoms with Crippen molar-refractivity contribution in [3.05, 3.63) is 39.0 Å². The lowest BCUT2D eigenvalue weighted by Crippen LogP contribution is -2.22. The molecule has 21 heavy (non-hydrogen) atoms. The van der Waals surface area contributed by atoms with Gasteiger partial charge in [0.2, 0.25) is 10.0 Å². The minimum Gasteiger partial charge on any atom is -0.397 e. The molecule has 2 aromatic rings. The van der Waals surface area contributed by atoms with Gasteiger partial charge in [-0.05, 0) is 40.2 Å². The molecule has 1 heterocycles. The van der Waals surface area contributed by atoms with Gasteiger partial charge in [-0.15, -0.1) is 11.3 Å². The number of thiophene rings is 1. The van der Waals surface area contributed by atoms with Crippen LogP contribution in [0.5, 0.6) is 0 Å². The van der Waals surface area contributed by atoms with E-state index >= 15 is 0 Å². The van der Waals surface area contributed by atoms with Crippen molar-refractivity contribution < 1.29 is 8.42 Å². The number of hydrogen-bond donors (Lipinski definition) is 2. The SMILES string of the molecule is CN(C)S(=O)(=O)c1ccc(N)c(NCc2cc(Br)cs2)c1. The van der Waals surface area contributed by atoms with E-state index in [1.165, 1.54) is 24.5 Å². The third kappa shape index (κ3) is 3.76. The average molecular weight is 390 g/mol. The second kappa shape index (κ2) is 6.35. The smallest absolute Gasteiger partial charge is 0.242 e. The van der Waals surface area contributed by atoms with Crippen LogP contribution in [0.25, 0.3) is 0 Å². The van der Waals surface area contributed by atoms with E-state index in [-0.39, 0.29) is 4.90 Å². The Balaban J connectivity index is 2.24. The molecule has 5 nitrogen and oxygen atoms in total. The zero-order valence-electron chi connectivity index (χ0n) is 11.6. The fourth-order valence-corrected chi connectivity index (χ4v) is 4.01. The van der Waals surface area contributed by atoms with Crippen LogP contribution in [-0.4, -0.2) is 26.8 Å². The molecule has 0 amide bonds. The van der Waals surface area contributed by atoms with Crippen LogP contribution in [0.15, 0.2) is 39.0 Å². The van der Waals surface area contributed by atoms with Crippen molar-refractivity contribution in [2.24, 2.45) is 0 Å². The van der Waals surface area contributed by atoms with Crippen molar-refractivity contribution in [3.8, 4) is 0 Å². The number of halogens is 1. The van der Waals surface area contributed by atoms with Gasteiger partial charge in [-0.2, -0.15) is 0 Å². The molecule has 3 N–H and O–H groups in total. The highest BCUT2D eigenvalue weighted by molar-refractivity contribution is 9.10. The van der Waals surface area contributed by atoms with Crippen LogP contribution in [0.1, 0.15) is 4.88 Å². The van der Waals surface area contributed by atoms with E-state index in [4.69, 9.17) is 5.73 Å². The van der Waals surface area contributed by atoms with Crippen LogP contribution in [0.4, 0.5) is 11.4 Å². The van der Waals surface area contributed by atoms with Crippen LogP contribution >= 0.6 is 27.3 Å². The second-order valence-electron chi connectivity index (χ2n) is 4.62. The fourth-order valence-electron chi connectivity index (χ4n) is 1.69. The molecular formula is C13H16BrN3O2S2. The summed E-state index contributed by atoms with van der Waals surface area (Å²) in [6, 6.07) is 6.68. The largest absolute Gasteiger partial charge is 0.397 e. The summed E-state index contributed by atoms with van der Waals surface area (Å²) in [5.41, 5.74) is 7.03. The first-order valence-corrected chi connectivity index (χ1v) is 9.21. The number of rotatable bonds is 5. The maximum absolute atomic E-state index is 12.1. The van der Waals surface area contributed by atoms with Gasteiger partial charge in [-0.25, -0.2) is 12.7 Å². The molecule has 0 radical (unpaired) electrons. The number of hydrogen-bond acceptors (Lipinski definition) is 5. The van der Waals surface area contributed by atoms with Crippen molar-refractivity contribution >= 4 is 48.7 Å². The Bertz CT molecular complexity index is 742. The van der Waals surface area contributed by atoms with Crippen molar-refractivity contribution in [2.45, 2.75) is 11.4 Å². The van der Waals surface area contributed by atoms with Crippen molar-refractivity contribution in [1.29, 1.82) is 0 Å². The third-order valence-electron chi connectivity index (χ3n) is 2.88. The summed E-state index contributed by atoms with van der Waals surface area (Å²) >= 11 is 5.01. The summed E-state index contributed by atoms with van der Waals surface area (Å²) in [6.45, 7) is 0.589. The summed E-state index contributed by atoms with van der Waals surface area (Å²) < 4.78 is 26.5. The summed E-state index contributed by atoms with van der Waals surface area (Å²) in [4.78, 5) is 1.35. The molecule has 0 bridgehead atoms. The standard InChI is InChI=1S/C13H16BrN3O2S2/c1-17(2)21(18,19)11-3-4-12(15)13(6-11)16-7-10-5-9(14)8-20-10/h3-6,8,16H,7,15H2,1-2H3. The highest BCUT2D eigenvalue weighted by atomic mass is 79.9. The fraction of sp³-hybridized carbons (Fsp3) is 0.231. The summed E-state index contributed by atoms with van der Waals surface area (Å²) in [5, 5.41) is 5.17. The highest BCUT2D eigenvalue weighted by Gasteiger charge is 2.18. The number of nitrogens with one attached hydrogen (secondary N) is 1. The summed E-state index contributed by atoms with van der Waals surface area (Å²) in [5.74, 6) is 0. The van der Waals surface area contributed by atoms with E-state index in [1.54, 1.807) is 23.5 Å². The van der Waals surface area contributed by atoms with Crippen LogP contribution in [-0.2, 0) is 16.6 Å². The minimum absolute atomic E-state index is 0.219. The molecule has 1 aromatic heterocycles. The molecule has 1 aromatic carbocycles. The normalized spacial score (nSPS) is 11.8. The molecule has 114 valence electrons. The number of anilines is 2. The summed E-state index contributed by atoms with van der Waals surface area (Å²) in [7, 11) is -0.458. The van der Waals surface area contributed by atoms with Gasteiger partial charge in [-0.3, -0.25) is 0 Å². The molecule has 2 rings (SSSR count). The second-order valence-corrected chi connectivity index (χ2v) is 8.68. The molecule has 0 spiro atoms. The molecule has 0 aliphatic heterocycles. The van der Waals surface area contributed by atoms with Gasteiger partial charge < -0.3 is 11.1 Å². The number of nitrogens with two attached hydrogens (primary N) is 1. The van der Waals surface area contributed by atoms with Gasteiger partial charge in [0.25, 0.3) is 0 Å².